The third kappa shape index (κ3) is 8.62. The molecule has 0 aromatic heterocycles. The van der Waals surface area contributed by atoms with E-state index < -0.39 is 23.1 Å². The summed E-state index contributed by atoms with van der Waals surface area (Å²) in [6, 6.07) is 13.1. The summed E-state index contributed by atoms with van der Waals surface area (Å²) in [7, 11) is 0. The number of carboxylic acid groups (broad SMARTS) is 1. The van der Waals surface area contributed by atoms with Crippen LogP contribution in [0.1, 0.15) is 68.7 Å². The average molecular weight is 517 g/mol. The van der Waals surface area contributed by atoms with Crippen LogP contribution < -0.4 is 0 Å². The Morgan fingerprint density at radius 1 is 1.11 bits per heavy atom. The Balaban J connectivity index is 2.38. The minimum absolute atomic E-state index is 0.0585. The number of hydrogen-bond donors (Lipinski definition) is 1. The van der Waals surface area contributed by atoms with Crippen LogP contribution in [0.15, 0.2) is 66.8 Å². The molecule has 2 aromatic carbocycles. The Labute approximate surface area is 216 Å². The topological polar surface area (TPSA) is 63.6 Å². The summed E-state index contributed by atoms with van der Waals surface area (Å²) in [5.41, 5.74) is 0.228. The molecule has 1 N–H and O–H groups in total. The molecule has 0 bridgehead atoms. The molecule has 0 heterocycles. The number of Topliss-reactive ketones (excluding diaryl/α,β-unsaturated/α-hetero) is 1. The van der Waals surface area contributed by atoms with Crippen LogP contribution in [0, 0.1) is 12.3 Å². The number of hydrogen-bond acceptors (Lipinski definition) is 3. The summed E-state index contributed by atoms with van der Waals surface area (Å²) in [6.45, 7) is 10.4. The Morgan fingerprint density at radius 2 is 1.76 bits per heavy atom. The minimum Gasteiger partial charge on any atom is -0.489 e. The molecule has 0 fully saturated rings. The second-order valence-electron chi connectivity index (χ2n) is 9.89. The lowest BCUT2D eigenvalue weighted by molar-refractivity contribution is -0.147. The first-order chi connectivity index (χ1) is 17.3. The van der Waals surface area contributed by atoms with Crippen molar-refractivity contribution >= 4 is 17.5 Å². The summed E-state index contributed by atoms with van der Waals surface area (Å²) < 4.78 is 46.0. The first kappa shape index (κ1) is 29.9. The number of allylic oxidation sites excluding steroid dienone is 2. The summed E-state index contributed by atoms with van der Waals surface area (Å²) in [6.07, 6.45) is -1.44. The van der Waals surface area contributed by atoms with Crippen LogP contribution in [0.4, 0.5) is 13.2 Å². The largest absolute Gasteiger partial charge is 0.489 e. The standard InChI is InChI=1S/C30H35F3O4/c1-6-24(26(34)13-10-18-29(4,5)28(35)36)27(25-17-16-23(19-20(25)2)30(31,32)33)37-21(3)14-15-22-11-8-7-9-12-22/h6-9,11-12,16-17,19,21H,1,10,13-15,18H2,2-5H3,(H,35,36)/b27-24-. The second kappa shape index (κ2) is 12.7. The van der Waals surface area contributed by atoms with Gasteiger partial charge in [0.2, 0.25) is 0 Å². The lowest BCUT2D eigenvalue weighted by Gasteiger charge is -2.22. The average Bonchev–Trinajstić information content (AvgIpc) is 2.82. The quantitative estimate of drug-likeness (QED) is 0.168. The number of ketones is 1. The number of halogens is 3. The zero-order valence-electron chi connectivity index (χ0n) is 21.8. The van der Waals surface area contributed by atoms with Crippen molar-refractivity contribution in [3.63, 3.8) is 0 Å². The fraction of sp³-hybridized carbons (Fsp3) is 0.400. The molecule has 0 saturated heterocycles. The van der Waals surface area contributed by atoms with Crippen molar-refractivity contribution in [1.29, 1.82) is 0 Å². The van der Waals surface area contributed by atoms with E-state index >= 15 is 0 Å². The van der Waals surface area contributed by atoms with Gasteiger partial charge in [0.1, 0.15) is 5.76 Å². The highest BCUT2D eigenvalue weighted by Crippen LogP contribution is 2.34. The highest BCUT2D eigenvalue weighted by molar-refractivity contribution is 6.04. The van der Waals surface area contributed by atoms with E-state index in [1.807, 2.05) is 37.3 Å². The summed E-state index contributed by atoms with van der Waals surface area (Å²) >= 11 is 0. The molecule has 7 heteroatoms. The van der Waals surface area contributed by atoms with E-state index in [1.54, 1.807) is 20.8 Å². The molecule has 0 aliphatic heterocycles. The zero-order valence-corrected chi connectivity index (χ0v) is 21.8. The third-order valence-electron chi connectivity index (χ3n) is 6.33. The number of ether oxygens (including phenoxy) is 1. The number of rotatable bonds is 13. The van der Waals surface area contributed by atoms with Crippen LogP contribution in [0.3, 0.4) is 0 Å². The van der Waals surface area contributed by atoms with Crippen LogP contribution in [-0.2, 0) is 26.9 Å². The molecule has 2 aromatic rings. The van der Waals surface area contributed by atoms with Crippen LogP contribution in [0.25, 0.3) is 5.76 Å². The molecular weight excluding hydrogens is 481 g/mol. The summed E-state index contributed by atoms with van der Waals surface area (Å²) in [4.78, 5) is 24.6. The van der Waals surface area contributed by atoms with E-state index in [0.717, 1.165) is 24.1 Å². The van der Waals surface area contributed by atoms with E-state index in [9.17, 15) is 27.9 Å². The highest BCUT2D eigenvalue weighted by atomic mass is 19.4. The predicted molar refractivity (Wildman–Crippen MR) is 139 cm³/mol. The Hall–Kier alpha value is -3.35. The molecule has 0 spiro atoms. The number of benzene rings is 2. The highest BCUT2D eigenvalue weighted by Gasteiger charge is 2.31. The van der Waals surface area contributed by atoms with Gasteiger partial charge in [-0.2, -0.15) is 13.2 Å². The van der Waals surface area contributed by atoms with Crippen molar-refractivity contribution in [2.75, 3.05) is 0 Å². The van der Waals surface area contributed by atoms with Gasteiger partial charge in [0.25, 0.3) is 0 Å². The van der Waals surface area contributed by atoms with E-state index in [1.165, 1.54) is 12.1 Å². The first-order valence-corrected chi connectivity index (χ1v) is 12.3. The fourth-order valence-electron chi connectivity index (χ4n) is 3.91. The zero-order chi connectivity index (χ0) is 27.8. The molecule has 1 atom stereocenters. The Morgan fingerprint density at radius 3 is 2.30 bits per heavy atom. The smallest absolute Gasteiger partial charge is 0.416 e. The third-order valence-corrected chi connectivity index (χ3v) is 6.33. The lowest BCUT2D eigenvalue weighted by atomic mass is 9.86. The van der Waals surface area contributed by atoms with Gasteiger partial charge in [-0.1, -0.05) is 49.1 Å². The summed E-state index contributed by atoms with van der Waals surface area (Å²) in [5.74, 6) is -1.07. The van der Waals surface area contributed by atoms with E-state index in [2.05, 4.69) is 6.58 Å². The lowest BCUT2D eigenvalue weighted by Crippen LogP contribution is -2.23. The van der Waals surface area contributed by atoms with Gasteiger partial charge >= 0.3 is 12.1 Å². The maximum absolute atomic E-state index is 13.3. The van der Waals surface area contributed by atoms with Crippen molar-refractivity contribution < 1.29 is 32.6 Å². The molecule has 2 rings (SSSR count). The van der Waals surface area contributed by atoms with E-state index in [4.69, 9.17) is 4.74 Å². The van der Waals surface area contributed by atoms with Gasteiger partial charge in [0.05, 0.1) is 22.7 Å². The van der Waals surface area contributed by atoms with Gasteiger partial charge in [-0.3, -0.25) is 9.59 Å². The maximum atomic E-state index is 13.3. The number of alkyl halides is 3. The van der Waals surface area contributed by atoms with Crippen molar-refractivity contribution in [3.8, 4) is 0 Å². The van der Waals surface area contributed by atoms with Crippen LogP contribution in [-0.4, -0.2) is 23.0 Å². The van der Waals surface area contributed by atoms with Crippen molar-refractivity contribution in [1.82, 2.24) is 0 Å². The predicted octanol–water partition coefficient (Wildman–Crippen LogP) is 7.80. The Bertz CT molecular complexity index is 1130. The number of carbonyl (C=O) groups excluding carboxylic acids is 1. The normalized spacial score (nSPS) is 13.5. The van der Waals surface area contributed by atoms with Gasteiger partial charge in [-0.05, 0) is 76.6 Å². The SMILES string of the molecule is C=C/C(C(=O)CCCC(C)(C)C(=O)O)=C(/OC(C)CCc1ccccc1)c1ccc(C(F)(F)F)cc1C. The fourth-order valence-corrected chi connectivity index (χ4v) is 3.91. The molecule has 1 unspecified atom stereocenters. The number of carbonyl (C=O) groups is 2. The molecule has 4 nitrogen and oxygen atoms in total. The monoisotopic (exact) mass is 516 g/mol. The molecule has 0 radical (unpaired) electrons. The van der Waals surface area contributed by atoms with Crippen molar-refractivity contribution in [2.24, 2.45) is 5.41 Å². The molecule has 0 amide bonds. The van der Waals surface area contributed by atoms with E-state index in [0.29, 0.717) is 30.4 Å². The molecular formula is C30H35F3O4. The van der Waals surface area contributed by atoms with Crippen LogP contribution in [0.5, 0.6) is 0 Å². The van der Waals surface area contributed by atoms with Gasteiger partial charge in [-0.25, -0.2) is 0 Å². The minimum atomic E-state index is -4.50. The van der Waals surface area contributed by atoms with Gasteiger partial charge < -0.3 is 9.84 Å². The second-order valence-corrected chi connectivity index (χ2v) is 9.89. The molecule has 37 heavy (non-hydrogen) atoms. The Kier molecular flexibility index (Phi) is 10.3. The van der Waals surface area contributed by atoms with Crippen molar-refractivity contribution in [3.05, 3.63) is 89.0 Å². The molecule has 0 aliphatic rings. The van der Waals surface area contributed by atoms with Gasteiger partial charge in [0, 0.05) is 12.0 Å². The van der Waals surface area contributed by atoms with Crippen molar-refractivity contribution in [2.45, 2.75) is 72.1 Å². The number of aliphatic carboxylic acids is 1. The van der Waals surface area contributed by atoms with Gasteiger partial charge in [0.15, 0.2) is 5.78 Å². The van der Waals surface area contributed by atoms with Crippen LogP contribution >= 0.6 is 0 Å². The molecule has 0 saturated carbocycles. The van der Waals surface area contributed by atoms with Crippen LogP contribution in [0.2, 0.25) is 0 Å². The number of aryl methyl sites for hydroxylation is 2. The van der Waals surface area contributed by atoms with E-state index in [-0.39, 0.29) is 29.6 Å². The molecule has 200 valence electrons. The maximum Gasteiger partial charge on any atom is 0.416 e. The first-order valence-electron chi connectivity index (χ1n) is 12.3. The summed E-state index contributed by atoms with van der Waals surface area (Å²) in [5, 5.41) is 9.33. The van der Waals surface area contributed by atoms with Gasteiger partial charge in [-0.15, -0.1) is 0 Å². The molecule has 0 aliphatic carbocycles. The number of carboxylic acids is 1.